The predicted molar refractivity (Wildman–Crippen MR) is 96.1 cm³/mol. The van der Waals surface area contributed by atoms with Gasteiger partial charge in [-0.05, 0) is 49.8 Å². The highest BCUT2D eigenvalue weighted by Gasteiger charge is 2.46. The Morgan fingerprint density at radius 3 is 2.62 bits per heavy atom. The molecule has 1 aromatic heterocycles. The average Bonchev–Trinajstić information content (AvgIpc) is 3.06. The smallest absolute Gasteiger partial charge is 0.322 e. The van der Waals surface area contributed by atoms with Gasteiger partial charge in [-0.1, -0.05) is 18.2 Å². The number of anilines is 1. The van der Waals surface area contributed by atoms with Crippen LogP contribution >= 0.6 is 0 Å². The maximum Gasteiger partial charge on any atom is 0.322 e. The zero-order valence-corrected chi connectivity index (χ0v) is 14.8. The van der Waals surface area contributed by atoms with E-state index >= 15 is 0 Å². The number of hydrogen-bond acceptors (Lipinski definition) is 4. The Kier molecular flexibility index (Phi) is 3.90. The lowest BCUT2D eigenvalue weighted by Gasteiger charge is -2.54. The van der Waals surface area contributed by atoms with Crippen LogP contribution in [0.4, 0.5) is 10.5 Å². The zero-order valence-electron chi connectivity index (χ0n) is 14.8. The molecular weight excluding hydrogens is 332 g/mol. The highest BCUT2D eigenvalue weighted by atomic mass is 16.2. The number of primary amides is 1. The summed E-state index contributed by atoms with van der Waals surface area (Å²) in [5.74, 6) is 0.0671. The second-order valence-corrected chi connectivity index (χ2v) is 7.37. The van der Waals surface area contributed by atoms with E-state index < -0.39 is 5.91 Å². The summed E-state index contributed by atoms with van der Waals surface area (Å²) in [6, 6.07) is 6.26. The summed E-state index contributed by atoms with van der Waals surface area (Å²) in [5.41, 5.74) is 7.69. The van der Waals surface area contributed by atoms with Crippen molar-refractivity contribution in [2.24, 2.45) is 11.7 Å². The molecule has 2 saturated heterocycles. The van der Waals surface area contributed by atoms with Gasteiger partial charge in [-0.3, -0.25) is 4.79 Å². The third kappa shape index (κ3) is 2.81. The largest absolute Gasteiger partial charge is 0.364 e. The first-order chi connectivity index (χ1) is 12.4. The number of aromatic nitrogens is 3. The number of carbonyl (C=O) groups is 2. The predicted octanol–water partition coefficient (Wildman–Crippen LogP) is 2.08. The molecule has 4 rings (SSSR count). The minimum absolute atomic E-state index is 0.0515. The summed E-state index contributed by atoms with van der Waals surface area (Å²) in [7, 11) is 0. The number of urea groups is 1. The number of hydrogen-bond donors (Lipinski definition) is 2. The lowest BCUT2D eigenvalue weighted by molar-refractivity contribution is -0.00601. The fraction of sp³-hybridized carbons (Fsp3) is 0.444. The van der Waals surface area contributed by atoms with Gasteiger partial charge in [-0.25, -0.2) is 9.48 Å². The molecule has 3 amide bonds. The van der Waals surface area contributed by atoms with Crippen molar-refractivity contribution in [3.63, 3.8) is 0 Å². The molecule has 0 spiro atoms. The lowest BCUT2D eigenvalue weighted by Crippen LogP contribution is -2.63. The maximum atomic E-state index is 12.7. The minimum atomic E-state index is -0.628. The van der Waals surface area contributed by atoms with Gasteiger partial charge in [0.25, 0.3) is 5.91 Å². The molecule has 3 heterocycles. The van der Waals surface area contributed by atoms with E-state index in [9.17, 15) is 9.59 Å². The molecule has 2 atom stereocenters. The zero-order chi connectivity index (χ0) is 18.4. The molecule has 0 saturated carbocycles. The van der Waals surface area contributed by atoms with Crippen molar-refractivity contribution in [3.05, 3.63) is 35.7 Å². The third-order valence-electron chi connectivity index (χ3n) is 5.37. The number of nitrogens with one attached hydrogen (secondary N) is 1. The van der Waals surface area contributed by atoms with Crippen LogP contribution in [0.1, 0.15) is 42.2 Å². The molecular formula is C18H22N6O2. The molecule has 136 valence electrons. The number of aryl methyl sites for hydroxylation is 1. The average molecular weight is 354 g/mol. The number of benzene rings is 1. The summed E-state index contributed by atoms with van der Waals surface area (Å²) in [5, 5.41) is 10.7. The lowest BCUT2D eigenvalue weighted by atomic mass is 9.74. The number of piperidine rings is 1. The quantitative estimate of drug-likeness (QED) is 0.880. The van der Waals surface area contributed by atoms with Gasteiger partial charge in [0.15, 0.2) is 5.69 Å². The Labute approximate surface area is 151 Å². The molecule has 2 aromatic rings. The highest BCUT2D eigenvalue weighted by molar-refractivity contribution is 5.91. The number of carbonyl (C=O) groups excluding carboxylic acids is 2. The second kappa shape index (κ2) is 6.12. The molecule has 3 N–H and O–H groups in total. The Hall–Kier alpha value is -2.90. The Morgan fingerprint density at radius 1 is 1.23 bits per heavy atom. The third-order valence-corrected chi connectivity index (χ3v) is 5.37. The van der Waals surface area contributed by atoms with E-state index in [1.807, 2.05) is 30.0 Å². The van der Waals surface area contributed by atoms with Crippen molar-refractivity contribution in [1.29, 1.82) is 0 Å². The molecule has 0 aliphatic carbocycles. The van der Waals surface area contributed by atoms with Crippen LogP contribution in [-0.2, 0) is 0 Å². The summed E-state index contributed by atoms with van der Waals surface area (Å²) < 4.78 is 1.49. The Balaban J connectivity index is 1.53. The maximum absolute atomic E-state index is 12.7. The van der Waals surface area contributed by atoms with Crippen LogP contribution < -0.4 is 11.1 Å². The van der Waals surface area contributed by atoms with Crippen LogP contribution in [0.5, 0.6) is 0 Å². The van der Waals surface area contributed by atoms with Gasteiger partial charge in [0.2, 0.25) is 0 Å². The molecule has 2 aliphatic rings. The summed E-state index contributed by atoms with van der Waals surface area (Å²) >= 11 is 0. The highest BCUT2D eigenvalue weighted by Crippen LogP contribution is 2.41. The number of nitrogens with two attached hydrogens (primary N) is 1. The van der Waals surface area contributed by atoms with Crippen molar-refractivity contribution < 1.29 is 9.59 Å². The summed E-state index contributed by atoms with van der Waals surface area (Å²) in [4.78, 5) is 25.9. The van der Waals surface area contributed by atoms with Gasteiger partial charge < -0.3 is 16.0 Å². The van der Waals surface area contributed by atoms with E-state index in [1.54, 1.807) is 0 Å². The molecule has 2 unspecified atom stereocenters. The molecule has 8 nitrogen and oxygen atoms in total. The van der Waals surface area contributed by atoms with Crippen molar-refractivity contribution >= 4 is 17.6 Å². The van der Waals surface area contributed by atoms with Crippen LogP contribution in [0.15, 0.2) is 24.4 Å². The van der Waals surface area contributed by atoms with Crippen LogP contribution in [-0.4, -0.2) is 43.9 Å². The number of fused-ring (bicyclic) bond motifs is 2. The van der Waals surface area contributed by atoms with Gasteiger partial charge in [0.1, 0.15) is 0 Å². The van der Waals surface area contributed by atoms with Gasteiger partial charge in [-0.15, -0.1) is 5.10 Å². The standard InChI is InChI=1S/C18H22N6O2/c1-10-5-13-8-14(6-10)24(13)18(26)20-12-4-3-11(2)16(7-12)23-9-15(17(19)25)21-22-23/h3-4,7,9-10,13-14H,5-6,8H2,1-2H3,(H2,19,25)(H,20,26). The Bertz CT molecular complexity index is 864. The first-order valence-corrected chi connectivity index (χ1v) is 8.85. The van der Waals surface area contributed by atoms with Gasteiger partial charge >= 0.3 is 6.03 Å². The van der Waals surface area contributed by atoms with Crippen LogP contribution in [0.2, 0.25) is 0 Å². The Morgan fingerprint density at radius 2 is 1.96 bits per heavy atom. The van der Waals surface area contributed by atoms with Crippen LogP contribution in [0.25, 0.3) is 5.69 Å². The van der Waals surface area contributed by atoms with Crippen LogP contribution in [0, 0.1) is 12.8 Å². The van der Waals surface area contributed by atoms with E-state index in [0.717, 1.165) is 30.5 Å². The molecule has 8 heteroatoms. The van der Waals surface area contributed by atoms with E-state index in [2.05, 4.69) is 22.6 Å². The van der Waals surface area contributed by atoms with E-state index in [0.29, 0.717) is 23.7 Å². The summed E-state index contributed by atoms with van der Waals surface area (Å²) in [6.07, 6.45) is 4.76. The van der Waals surface area contributed by atoms with Crippen molar-refractivity contribution in [2.75, 3.05) is 5.32 Å². The normalized spacial score (nSPS) is 24.1. The topological polar surface area (TPSA) is 106 Å². The van der Waals surface area contributed by atoms with Crippen molar-refractivity contribution in [1.82, 2.24) is 19.9 Å². The fourth-order valence-electron chi connectivity index (χ4n) is 4.09. The summed E-state index contributed by atoms with van der Waals surface area (Å²) in [6.45, 7) is 4.17. The molecule has 2 bridgehead atoms. The van der Waals surface area contributed by atoms with E-state index in [1.165, 1.54) is 10.9 Å². The molecule has 1 aromatic carbocycles. The van der Waals surface area contributed by atoms with E-state index in [4.69, 9.17) is 5.73 Å². The fourth-order valence-corrected chi connectivity index (χ4v) is 4.09. The molecule has 2 fully saturated rings. The SMILES string of the molecule is Cc1ccc(NC(=O)N2C3CC(C)CC2C3)cc1-n1cc(C(N)=O)nn1. The minimum Gasteiger partial charge on any atom is -0.364 e. The number of amides is 3. The molecule has 2 aliphatic heterocycles. The molecule has 0 radical (unpaired) electrons. The van der Waals surface area contributed by atoms with Gasteiger partial charge in [0.05, 0.1) is 11.9 Å². The van der Waals surface area contributed by atoms with Crippen LogP contribution in [0.3, 0.4) is 0 Å². The van der Waals surface area contributed by atoms with E-state index in [-0.39, 0.29) is 11.7 Å². The first-order valence-electron chi connectivity index (χ1n) is 8.85. The van der Waals surface area contributed by atoms with Gasteiger partial charge in [0, 0.05) is 17.8 Å². The van der Waals surface area contributed by atoms with Crippen molar-refractivity contribution in [2.45, 2.75) is 45.2 Å². The molecule has 26 heavy (non-hydrogen) atoms. The first kappa shape index (κ1) is 16.6. The number of nitrogens with zero attached hydrogens (tertiary/aromatic N) is 4. The monoisotopic (exact) mass is 354 g/mol. The van der Waals surface area contributed by atoms with Crippen molar-refractivity contribution in [3.8, 4) is 5.69 Å². The van der Waals surface area contributed by atoms with Gasteiger partial charge in [-0.2, -0.15) is 0 Å². The number of rotatable bonds is 3. The second-order valence-electron chi connectivity index (χ2n) is 7.37.